The van der Waals surface area contributed by atoms with Crippen molar-refractivity contribution in [2.45, 2.75) is 32.9 Å². The minimum absolute atomic E-state index is 0.0414. The molecular weight excluding hydrogens is 338 g/mol. The molecule has 0 radical (unpaired) electrons. The largest absolute Gasteiger partial charge is 0.352 e. The number of rotatable bonds is 6. The zero-order chi connectivity index (χ0) is 19.1. The highest BCUT2D eigenvalue weighted by atomic mass is 16.2. The van der Waals surface area contributed by atoms with Crippen LogP contribution in [0.4, 0.5) is 0 Å². The van der Waals surface area contributed by atoms with E-state index in [1.165, 1.54) is 5.56 Å². The van der Waals surface area contributed by atoms with Gasteiger partial charge in [0.15, 0.2) is 0 Å². The van der Waals surface area contributed by atoms with E-state index in [4.69, 9.17) is 0 Å². The standard InChI is InChI=1S/C22H27N3O2/c1-16-7-9-17(10-8-16)13-24-21(26)19-5-2-4-18(12-19)14-25-22(27)20-6-3-11-23-15-20/h2,4-5,7-10,12,20,23H,3,6,11,13-15H2,1H3,(H,24,26)(H,25,27). The van der Waals surface area contributed by atoms with E-state index in [2.05, 4.69) is 16.0 Å². The molecule has 1 aliphatic rings. The van der Waals surface area contributed by atoms with E-state index in [-0.39, 0.29) is 17.7 Å². The maximum Gasteiger partial charge on any atom is 0.251 e. The van der Waals surface area contributed by atoms with Crippen molar-refractivity contribution in [3.63, 3.8) is 0 Å². The monoisotopic (exact) mass is 365 g/mol. The smallest absolute Gasteiger partial charge is 0.251 e. The lowest BCUT2D eigenvalue weighted by Crippen LogP contribution is -2.40. The third-order valence-corrected chi connectivity index (χ3v) is 4.90. The molecule has 0 bridgehead atoms. The molecule has 1 heterocycles. The van der Waals surface area contributed by atoms with Crippen LogP contribution >= 0.6 is 0 Å². The Kier molecular flexibility index (Phi) is 6.60. The first kappa shape index (κ1) is 19.1. The zero-order valence-corrected chi connectivity index (χ0v) is 15.8. The third kappa shape index (κ3) is 5.66. The molecular formula is C22H27N3O2. The van der Waals surface area contributed by atoms with Crippen LogP contribution < -0.4 is 16.0 Å². The van der Waals surface area contributed by atoms with E-state index < -0.39 is 0 Å². The quantitative estimate of drug-likeness (QED) is 0.737. The number of carbonyl (C=O) groups is 2. The minimum Gasteiger partial charge on any atom is -0.352 e. The van der Waals surface area contributed by atoms with E-state index in [0.717, 1.165) is 37.1 Å². The lowest BCUT2D eigenvalue weighted by molar-refractivity contribution is -0.125. The topological polar surface area (TPSA) is 70.2 Å². The SMILES string of the molecule is Cc1ccc(CNC(=O)c2cccc(CNC(=O)C3CCCNC3)c2)cc1. The molecule has 3 N–H and O–H groups in total. The van der Waals surface area contributed by atoms with Gasteiger partial charge in [-0.05, 0) is 49.6 Å². The number of hydrogen-bond donors (Lipinski definition) is 3. The summed E-state index contributed by atoms with van der Waals surface area (Å²) in [5.74, 6) is 0.0106. The summed E-state index contributed by atoms with van der Waals surface area (Å²) < 4.78 is 0. The number of benzene rings is 2. The van der Waals surface area contributed by atoms with Crippen LogP contribution in [0.15, 0.2) is 48.5 Å². The molecule has 0 aliphatic carbocycles. The van der Waals surface area contributed by atoms with Crippen molar-refractivity contribution >= 4 is 11.8 Å². The van der Waals surface area contributed by atoms with Gasteiger partial charge in [0, 0.05) is 25.2 Å². The lowest BCUT2D eigenvalue weighted by Gasteiger charge is -2.21. The van der Waals surface area contributed by atoms with Gasteiger partial charge >= 0.3 is 0 Å². The minimum atomic E-state index is -0.111. The lowest BCUT2D eigenvalue weighted by atomic mass is 9.99. The third-order valence-electron chi connectivity index (χ3n) is 4.90. The Morgan fingerprint density at radius 1 is 1.04 bits per heavy atom. The first-order valence-electron chi connectivity index (χ1n) is 9.53. The average molecular weight is 365 g/mol. The van der Waals surface area contributed by atoms with Crippen LogP contribution in [-0.2, 0) is 17.9 Å². The predicted molar refractivity (Wildman–Crippen MR) is 106 cm³/mol. The van der Waals surface area contributed by atoms with Crippen LogP contribution in [0.5, 0.6) is 0 Å². The normalized spacial score (nSPS) is 16.6. The van der Waals surface area contributed by atoms with Crippen LogP contribution in [0.1, 0.15) is 39.9 Å². The van der Waals surface area contributed by atoms with Crippen molar-refractivity contribution in [3.8, 4) is 0 Å². The summed E-state index contributed by atoms with van der Waals surface area (Å²) in [6.45, 7) is 4.71. The van der Waals surface area contributed by atoms with Gasteiger partial charge in [-0.15, -0.1) is 0 Å². The summed E-state index contributed by atoms with van der Waals surface area (Å²) >= 11 is 0. The van der Waals surface area contributed by atoms with Crippen molar-refractivity contribution in [1.82, 2.24) is 16.0 Å². The molecule has 0 aromatic heterocycles. The Hall–Kier alpha value is -2.66. The highest BCUT2D eigenvalue weighted by molar-refractivity contribution is 5.94. The number of piperidine rings is 1. The van der Waals surface area contributed by atoms with Crippen LogP contribution in [0.25, 0.3) is 0 Å². The summed E-state index contributed by atoms with van der Waals surface area (Å²) in [5, 5.41) is 9.19. The molecule has 0 saturated carbocycles. The molecule has 1 saturated heterocycles. The second kappa shape index (κ2) is 9.33. The van der Waals surface area contributed by atoms with Crippen molar-refractivity contribution in [3.05, 3.63) is 70.8 Å². The van der Waals surface area contributed by atoms with Crippen molar-refractivity contribution in [2.24, 2.45) is 5.92 Å². The van der Waals surface area contributed by atoms with Crippen molar-refractivity contribution in [1.29, 1.82) is 0 Å². The molecule has 1 fully saturated rings. The number of carbonyl (C=O) groups excluding carboxylic acids is 2. The fraction of sp³-hybridized carbons (Fsp3) is 0.364. The molecule has 2 aromatic rings. The molecule has 1 unspecified atom stereocenters. The van der Waals surface area contributed by atoms with E-state index in [1.807, 2.05) is 49.4 Å². The number of nitrogens with one attached hydrogen (secondary N) is 3. The van der Waals surface area contributed by atoms with Crippen molar-refractivity contribution in [2.75, 3.05) is 13.1 Å². The van der Waals surface area contributed by atoms with Crippen LogP contribution in [-0.4, -0.2) is 24.9 Å². The maximum absolute atomic E-state index is 12.4. The second-order valence-electron chi connectivity index (χ2n) is 7.13. The van der Waals surface area contributed by atoms with Gasteiger partial charge in [0.2, 0.25) is 5.91 Å². The first-order chi connectivity index (χ1) is 13.1. The fourth-order valence-electron chi connectivity index (χ4n) is 3.22. The molecule has 5 heteroatoms. The summed E-state index contributed by atoms with van der Waals surface area (Å²) in [6, 6.07) is 15.5. The fourth-order valence-corrected chi connectivity index (χ4v) is 3.22. The molecule has 2 amide bonds. The Bertz CT molecular complexity index is 780. The van der Waals surface area contributed by atoms with Crippen molar-refractivity contribution < 1.29 is 9.59 Å². The Morgan fingerprint density at radius 3 is 2.56 bits per heavy atom. The van der Waals surface area contributed by atoms with E-state index in [0.29, 0.717) is 18.7 Å². The van der Waals surface area contributed by atoms with E-state index >= 15 is 0 Å². The van der Waals surface area contributed by atoms with Gasteiger partial charge in [-0.2, -0.15) is 0 Å². The molecule has 5 nitrogen and oxygen atoms in total. The van der Waals surface area contributed by atoms with E-state index in [1.54, 1.807) is 6.07 Å². The summed E-state index contributed by atoms with van der Waals surface area (Å²) in [4.78, 5) is 24.7. The molecule has 0 spiro atoms. The zero-order valence-electron chi connectivity index (χ0n) is 15.8. The highest BCUT2D eigenvalue weighted by Crippen LogP contribution is 2.11. The van der Waals surface area contributed by atoms with Crippen LogP contribution in [0.3, 0.4) is 0 Å². The molecule has 1 atom stereocenters. The summed E-state index contributed by atoms with van der Waals surface area (Å²) in [7, 11) is 0. The van der Waals surface area contributed by atoms with Gasteiger partial charge < -0.3 is 16.0 Å². The van der Waals surface area contributed by atoms with E-state index in [9.17, 15) is 9.59 Å². The average Bonchev–Trinajstić information content (AvgIpc) is 2.72. The van der Waals surface area contributed by atoms with Gasteiger partial charge in [0.25, 0.3) is 5.91 Å². The number of hydrogen-bond acceptors (Lipinski definition) is 3. The Morgan fingerprint density at radius 2 is 1.81 bits per heavy atom. The van der Waals surface area contributed by atoms with Gasteiger partial charge in [0.05, 0.1) is 5.92 Å². The molecule has 1 aliphatic heterocycles. The Balaban J connectivity index is 1.52. The number of amides is 2. The van der Waals surface area contributed by atoms with Gasteiger partial charge in [-0.25, -0.2) is 0 Å². The summed E-state index contributed by atoms with van der Waals surface area (Å²) in [5.41, 5.74) is 3.80. The Labute approximate surface area is 160 Å². The summed E-state index contributed by atoms with van der Waals surface area (Å²) in [6.07, 6.45) is 1.97. The molecule has 3 rings (SSSR count). The van der Waals surface area contributed by atoms with Gasteiger partial charge in [0.1, 0.15) is 0 Å². The highest BCUT2D eigenvalue weighted by Gasteiger charge is 2.20. The van der Waals surface area contributed by atoms with Crippen LogP contribution in [0.2, 0.25) is 0 Å². The second-order valence-corrected chi connectivity index (χ2v) is 7.13. The molecule has 142 valence electrons. The van der Waals surface area contributed by atoms with Gasteiger partial charge in [-0.1, -0.05) is 42.0 Å². The number of aryl methyl sites for hydroxylation is 1. The first-order valence-corrected chi connectivity index (χ1v) is 9.53. The molecule has 27 heavy (non-hydrogen) atoms. The van der Waals surface area contributed by atoms with Gasteiger partial charge in [-0.3, -0.25) is 9.59 Å². The maximum atomic E-state index is 12.4. The predicted octanol–water partition coefficient (Wildman–Crippen LogP) is 2.54. The molecule has 2 aromatic carbocycles. The van der Waals surface area contributed by atoms with Crippen LogP contribution in [0, 0.1) is 12.8 Å².